The summed E-state index contributed by atoms with van der Waals surface area (Å²) in [7, 11) is 0. The molecule has 0 spiro atoms. The Labute approximate surface area is 162 Å². The molecule has 0 aromatic heterocycles. The molecule has 2 bridgehead atoms. The van der Waals surface area contributed by atoms with Gasteiger partial charge in [-0.2, -0.15) is 0 Å². The minimum atomic E-state index is -1.00. The fourth-order valence-electron chi connectivity index (χ4n) is 4.78. The number of esters is 1. The Morgan fingerprint density at radius 3 is 1.79 bits per heavy atom. The second kappa shape index (κ2) is 7.11. The highest BCUT2D eigenvalue weighted by molar-refractivity contribution is 5.91. The van der Waals surface area contributed by atoms with E-state index in [1.54, 1.807) is 6.92 Å². The van der Waals surface area contributed by atoms with E-state index in [-0.39, 0.29) is 19.1 Å². The summed E-state index contributed by atoms with van der Waals surface area (Å²) >= 11 is 0. The normalized spacial score (nSPS) is 24.0. The fraction of sp³-hybridized carbons (Fsp3) is 0.318. The van der Waals surface area contributed by atoms with E-state index in [9.17, 15) is 19.5 Å². The van der Waals surface area contributed by atoms with Crippen LogP contribution in [0.3, 0.4) is 0 Å². The molecule has 3 aliphatic carbocycles. The minimum absolute atomic E-state index is 0.224. The van der Waals surface area contributed by atoms with Gasteiger partial charge in [0, 0.05) is 11.8 Å². The molecule has 2 N–H and O–H groups in total. The molecule has 0 fully saturated rings. The number of rotatable bonds is 5. The summed E-state index contributed by atoms with van der Waals surface area (Å²) in [4.78, 5) is 36.9. The van der Waals surface area contributed by atoms with E-state index < -0.39 is 35.6 Å². The van der Waals surface area contributed by atoms with Gasteiger partial charge in [-0.1, -0.05) is 48.5 Å². The van der Waals surface area contributed by atoms with E-state index in [4.69, 9.17) is 4.74 Å². The quantitative estimate of drug-likeness (QED) is 0.778. The van der Waals surface area contributed by atoms with Gasteiger partial charge in [0.1, 0.15) is 6.54 Å². The fourth-order valence-corrected chi connectivity index (χ4v) is 4.78. The lowest BCUT2D eigenvalue weighted by atomic mass is 9.54. The highest BCUT2D eigenvalue weighted by Gasteiger charge is 2.55. The second-order valence-corrected chi connectivity index (χ2v) is 7.13. The Kier molecular flexibility index (Phi) is 4.63. The van der Waals surface area contributed by atoms with E-state index >= 15 is 0 Å². The SMILES string of the molecule is CCOC(=O)CNC(=O)[C@H]1C2c3ccccc3C(c3ccccc32)[C@@H]1C(=O)O. The molecule has 0 saturated carbocycles. The molecule has 1 amide bonds. The Morgan fingerprint density at radius 1 is 0.893 bits per heavy atom. The molecule has 2 aromatic rings. The molecule has 0 radical (unpaired) electrons. The number of hydrogen-bond acceptors (Lipinski definition) is 4. The molecular formula is C22H21NO5. The summed E-state index contributed by atoms with van der Waals surface area (Å²) in [5, 5.41) is 12.6. The first-order valence-electron chi connectivity index (χ1n) is 9.38. The summed E-state index contributed by atoms with van der Waals surface area (Å²) < 4.78 is 4.86. The van der Waals surface area contributed by atoms with Crippen LogP contribution in [-0.4, -0.2) is 36.1 Å². The van der Waals surface area contributed by atoms with Gasteiger partial charge in [0.25, 0.3) is 0 Å². The standard InChI is InChI=1S/C22H21NO5/c1-2-28-16(24)11-23-21(25)19-17-12-7-3-5-9-14(12)18(20(19)22(26)27)15-10-6-4-8-13(15)17/h3-10,17-20H,2,11H2,1H3,(H,23,25)(H,26,27)/t17?,18?,19-,20-/m0/s1. The number of amides is 1. The van der Waals surface area contributed by atoms with Crippen LogP contribution < -0.4 is 5.32 Å². The van der Waals surface area contributed by atoms with Crippen LogP contribution in [0.4, 0.5) is 0 Å². The number of carbonyl (C=O) groups is 3. The van der Waals surface area contributed by atoms with Gasteiger partial charge in [-0.3, -0.25) is 14.4 Å². The lowest BCUT2D eigenvalue weighted by Crippen LogP contribution is -2.50. The maximum absolute atomic E-state index is 13.0. The number of fused-ring (bicyclic) bond motifs is 1. The zero-order valence-electron chi connectivity index (χ0n) is 15.4. The topological polar surface area (TPSA) is 92.7 Å². The first-order valence-corrected chi connectivity index (χ1v) is 9.38. The molecule has 28 heavy (non-hydrogen) atoms. The summed E-state index contributed by atoms with van der Waals surface area (Å²) in [5.41, 5.74) is 3.90. The molecule has 3 aliphatic rings. The van der Waals surface area contributed by atoms with Crippen molar-refractivity contribution in [3.8, 4) is 0 Å². The first kappa shape index (κ1) is 18.2. The highest BCUT2D eigenvalue weighted by Crippen LogP contribution is 2.58. The lowest BCUT2D eigenvalue weighted by Gasteiger charge is -2.48. The van der Waals surface area contributed by atoms with Crippen LogP contribution in [0, 0.1) is 11.8 Å². The van der Waals surface area contributed by atoms with Crippen LogP contribution in [0.25, 0.3) is 0 Å². The number of benzene rings is 2. The van der Waals surface area contributed by atoms with Crippen molar-refractivity contribution in [2.75, 3.05) is 13.2 Å². The van der Waals surface area contributed by atoms with Crippen molar-refractivity contribution >= 4 is 17.8 Å². The number of carboxylic acids is 1. The van der Waals surface area contributed by atoms with Crippen LogP contribution in [-0.2, 0) is 19.1 Å². The highest BCUT2D eigenvalue weighted by atomic mass is 16.5. The summed E-state index contributed by atoms with van der Waals surface area (Å²) in [6.45, 7) is 1.64. The maximum atomic E-state index is 13.0. The first-order chi connectivity index (χ1) is 13.5. The molecule has 6 heteroatoms. The number of hydrogen-bond donors (Lipinski definition) is 2. The van der Waals surface area contributed by atoms with E-state index in [1.165, 1.54) is 0 Å². The molecule has 5 rings (SSSR count). The number of carbonyl (C=O) groups excluding carboxylic acids is 2. The van der Waals surface area contributed by atoms with Crippen molar-refractivity contribution in [3.05, 3.63) is 70.8 Å². The van der Waals surface area contributed by atoms with Crippen LogP contribution >= 0.6 is 0 Å². The van der Waals surface area contributed by atoms with Gasteiger partial charge in [-0.15, -0.1) is 0 Å². The average Bonchev–Trinajstić information content (AvgIpc) is 2.71. The molecule has 144 valence electrons. The van der Waals surface area contributed by atoms with E-state index in [1.807, 2.05) is 48.5 Å². The molecule has 0 aliphatic heterocycles. The van der Waals surface area contributed by atoms with Gasteiger partial charge < -0.3 is 15.2 Å². The Hall–Kier alpha value is -3.15. The summed E-state index contributed by atoms with van der Waals surface area (Å²) in [6, 6.07) is 15.4. The van der Waals surface area contributed by atoms with Crippen LogP contribution in [0.2, 0.25) is 0 Å². The zero-order valence-corrected chi connectivity index (χ0v) is 15.4. The van der Waals surface area contributed by atoms with Gasteiger partial charge in [0.2, 0.25) is 5.91 Å². The molecular weight excluding hydrogens is 358 g/mol. The maximum Gasteiger partial charge on any atom is 0.325 e. The average molecular weight is 379 g/mol. The van der Waals surface area contributed by atoms with Crippen LogP contribution in [0.5, 0.6) is 0 Å². The number of ether oxygens (including phenoxy) is 1. The third-order valence-corrected chi connectivity index (χ3v) is 5.74. The number of carboxylic acid groups (broad SMARTS) is 1. The lowest BCUT2D eigenvalue weighted by molar-refractivity contribution is -0.150. The van der Waals surface area contributed by atoms with Crippen LogP contribution in [0.15, 0.2) is 48.5 Å². The van der Waals surface area contributed by atoms with Gasteiger partial charge >= 0.3 is 11.9 Å². The van der Waals surface area contributed by atoms with Gasteiger partial charge in [0.15, 0.2) is 0 Å². The van der Waals surface area contributed by atoms with Crippen LogP contribution in [0.1, 0.15) is 41.0 Å². The largest absolute Gasteiger partial charge is 0.481 e. The van der Waals surface area contributed by atoms with Crippen molar-refractivity contribution in [2.45, 2.75) is 18.8 Å². The smallest absolute Gasteiger partial charge is 0.325 e. The number of nitrogens with one attached hydrogen (secondary N) is 1. The minimum Gasteiger partial charge on any atom is -0.481 e. The third kappa shape index (κ3) is 2.76. The van der Waals surface area contributed by atoms with Crippen molar-refractivity contribution in [1.29, 1.82) is 0 Å². The van der Waals surface area contributed by atoms with Crippen molar-refractivity contribution < 1.29 is 24.2 Å². The summed E-state index contributed by atoms with van der Waals surface area (Å²) in [5.74, 6) is -4.41. The van der Waals surface area contributed by atoms with Gasteiger partial charge in [0.05, 0.1) is 18.4 Å². The molecule has 0 saturated heterocycles. The van der Waals surface area contributed by atoms with Gasteiger partial charge in [-0.25, -0.2) is 0 Å². The van der Waals surface area contributed by atoms with Gasteiger partial charge in [-0.05, 0) is 29.2 Å². The predicted molar refractivity (Wildman–Crippen MR) is 101 cm³/mol. The Bertz CT molecular complexity index is 906. The predicted octanol–water partition coefficient (Wildman–Crippen LogP) is 2.27. The Balaban J connectivity index is 1.78. The van der Waals surface area contributed by atoms with E-state index in [0.717, 1.165) is 22.3 Å². The summed E-state index contributed by atoms with van der Waals surface area (Å²) in [6.07, 6.45) is 0. The van der Waals surface area contributed by atoms with Crippen molar-refractivity contribution in [3.63, 3.8) is 0 Å². The Morgan fingerprint density at radius 2 is 1.36 bits per heavy atom. The van der Waals surface area contributed by atoms with Crippen molar-refractivity contribution in [2.24, 2.45) is 11.8 Å². The number of aliphatic carboxylic acids is 1. The molecule has 2 atom stereocenters. The van der Waals surface area contributed by atoms with E-state index in [0.29, 0.717) is 0 Å². The second-order valence-electron chi connectivity index (χ2n) is 7.13. The monoisotopic (exact) mass is 379 g/mol. The van der Waals surface area contributed by atoms with Crippen molar-refractivity contribution in [1.82, 2.24) is 5.32 Å². The zero-order chi connectivity index (χ0) is 19.8. The molecule has 0 unspecified atom stereocenters. The third-order valence-electron chi connectivity index (χ3n) is 5.74. The molecule has 6 nitrogen and oxygen atoms in total. The molecule has 0 heterocycles. The van der Waals surface area contributed by atoms with E-state index in [2.05, 4.69) is 5.32 Å². The molecule has 2 aromatic carbocycles.